The minimum atomic E-state index is -0.697. The van der Waals surface area contributed by atoms with Crippen LogP contribution >= 0.6 is 0 Å². The van der Waals surface area contributed by atoms with Gasteiger partial charge in [0.25, 0.3) is 0 Å². The van der Waals surface area contributed by atoms with E-state index in [2.05, 4.69) is 9.47 Å². The molecule has 0 rings (SSSR count). The highest BCUT2D eigenvalue weighted by Crippen LogP contribution is 2.30. The molecule has 0 bridgehead atoms. The zero-order valence-electron chi connectivity index (χ0n) is 11.2. The van der Waals surface area contributed by atoms with Gasteiger partial charge in [-0.25, -0.2) is 4.79 Å². The first-order chi connectivity index (χ1) is 7.81. The molecule has 0 aromatic carbocycles. The molecule has 0 aliphatic heterocycles. The summed E-state index contributed by atoms with van der Waals surface area (Å²) in [5.74, 6) is -0.169. The molecule has 0 saturated heterocycles. The van der Waals surface area contributed by atoms with Crippen molar-refractivity contribution in [3.05, 3.63) is 0 Å². The summed E-state index contributed by atoms with van der Waals surface area (Å²) in [6.07, 6.45) is 0.244. The molecular formula is C12H22O5. The van der Waals surface area contributed by atoms with E-state index in [-0.39, 0.29) is 23.9 Å². The second-order valence-electron chi connectivity index (χ2n) is 4.94. The molecule has 100 valence electrons. The van der Waals surface area contributed by atoms with E-state index >= 15 is 0 Å². The van der Waals surface area contributed by atoms with E-state index in [0.717, 1.165) is 0 Å². The van der Waals surface area contributed by atoms with Crippen molar-refractivity contribution in [2.75, 3.05) is 20.8 Å². The summed E-state index contributed by atoms with van der Waals surface area (Å²) < 4.78 is 13.9. The van der Waals surface area contributed by atoms with Crippen LogP contribution in [0, 0.1) is 11.3 Å². The summed E-state index contributed by atoms with van der Waals surface area (Å²) in [6.45, 7) is 6.36. The molecule has 0 heterocycles. The highest BCUT2D eigenvalue weighted by atomic mass is 16.7. The lowest BCUT2D eigenvalue weighted by molar-refractivity contribution is -0.141. The number of hydrogen-bond acceptors (Lipinski definition) is 5. The van der Waals surface area contributed by atoms with Crippen LogP contribution in [0.5, 0.6) is 0 Å². The van der Waals surface area contributed by atoms with E-state index in [1.54, 1.807) is 0 Å². The van der Waals surface area contributed by atoms with Crippen LogP contribution in [0.4, 0.5) is 4.79 Å². The number of hydrogen-bond donors (Lipinski definition) is 0. The van der Waals surface area contributed by atoms with Crippen molar-refractivity contribution in [3.8, 4) is 0 Å². The molecule has 1 unspecified atom stereocenters. The van der Waals surface area contributed by atoms with Crippen molar-refractivity contribution in [2.24, 2.45) is 11.3 Å². The minimum absolute atomic E-state index is 0.0535. The summed E-state index contributed by atoms with van der Waals surface area (Å²) in [5.41, 5.74) is -0.0535. The number of carbonyl (C=O) groups is 2. The molecule has 0 aliphatic rings. The quantitative estimate of drug-likeness (QED) is 0.697. The third kappa shape index (κ3) is 6.81. The average Bonchev–Trinajstić information content (AvgIpc) is 2.26. The van der Waals surface area contributed by atoms with Crippen molar-refractivity contribution in [2.45, 2.75) is 33.6 Å². The van der Waals surface area contributed by atoms with E-state index in [1.807, 2.05) is 20.8 Å². The maximum absolute atomic E-state index is 11.1. The minimum Gasteiger partial charge on any atom is -0.469 e. The second kappa shape index (κ2) is 7.14. The third-order valence-electron chi connectivity index (χ3n) is 2.72. The lowest BCUT2D eigenvalue weighted by atomic mass is 9.78. The number of methoxy groups -OCH3 is 2. The van der Waals surface area contributed by atoms with Gasteiger partial charge in [0.2, 0.25) is 0 Å². The van der Waals surface area contributed by atoms with Gasteiger partial charge in [-0.15, -0.1) is 0 Å². The molecule has 0 amide bonds. The summed E-state index contributed by atoms with van der Waals surface area (Å²) in [5, 5.41) is 0. The molecular weight excluding hydrogens is 224 g/mol. The van der Waals surface area contributed by atoms with Crippen LogP contribution in [-0.4, -0.2) is 33.0 Å². The number of carbonyl (C=O) groups excluding carboxylic acids is 2. The maximum atomic E-state index is 11.1. The van der Waals surface area contributed by atoms with E-state index in [4.69, 9.17) is 4.74 Å². The molecule has 5 heteroatoms. The van der Waals surface area contributed by atoms with Gasteiger partial charge in [-0.2, -0.15) is 0 Å². The second-order valence-corrected chi connectivity index (χ2v) is 4.94. The molecule has 0 fully saturated rings. The predicted octanol–water partition coefficient (Wildman–Crippen LogP) is 2.38. The average molecular weight is 246 g/mol. The van der Waals surface area contributed by atoms with Gasteiger partial charge in [-0.3, -0.25) is 4.79 Å². The Morgan fingerprint density at radius 2 is 1.71 bits per heavy atom. The molecule has 0 spiro atoms. The van der Waals surface area contributed by atoms with Crippen LogP contribution in [0.15, 0.2) is 0 Å². The first-order valence-corrected chi connectivity index (χ1v) is 5.58. The molecule has 0 radical (unpaired) electrons. The maximum Gasteiger partial charge on any atom is 0.507 e. The van der Waals surface area contributed by atoms with Gasteiger partial charge in [-0.1, -0.05) is 20.8 Å². The summed E-state index contributed by atoms with van der Waals surface area (Å²) in [7, 11) is 2.63. The molecule has 0 aromatic heterocycles. The van der Waals surface area contributed by atoms with Gasteiger partial charge in [0, 0.05) is 6.42 Å². The van der Waals surface area contributed by atoms with Gasteiger partial charge in [0.1, 0.15) is 0 Å². The van der Waals surface area contributed by atoms with Crippen molar-refractivity contribution in [1.82, 2.24) is 0 Å². The molecule has 0 N–H and O–H groups in total. The van der Waals surface area contributed by atoms with E-state index in [9.17, 15) is 9.59 Å². The molecule has 0 aliphatic carbocycles. The van der Waals surface area contributed by atoms with Crippen molar-refractivity contribution in [3.63, 3.8) is 0 Å². The topological polar surface area (TPSA) is 61.8 Å². The highest BCUT2D eigenvalue weighted by molar-refractivity contribution is 5.69. The lowest BCUT2D eigenvalue weighted by Gasteiger charge is -2.29. The van der Waals surface area contributed by atoms with Crippen LogP contribution in [-0.2, 0) is 19.0 Å². The van der Waals surface area contributed by atoms with Gasteiger partial charge < -0.3 is 14.2 Å². The Hall–Kier alpha value is -1.26. The van der Waals surface area contributed by atoms with Crippen molar-refractivity contribution in [1.29, 1.82) is 0 Å². The monoisotopic (exact) mass is 246 g/mol. The van der Waals surface area contributed by atoms with Crippen molar-refractivity contribution >= 4 is 12.1 Å². The lowest BCUT2D eigenvalue weighted by Crippen LogP contribution is -2.27. The molecule has 1 atom stereocenters. The fourth-order valence-electron chi connectivity index (χ4n) is 1.39. The zero-order valence-corrected chi connectivity index (χ0v) is 11.2. The summed E-state index contributed by atoms with van der Waals surface area (Å²) in [4.78, 5) is 22.0. The Morgan fingerprint density at radius 1 is 1.12 bits per heavy atom. The summed E-state index contributed by atoms with van der Waals surface area (Å²) >= 11 is 0. The van der Waals surface area contributed by atoms with Gasteiger partial charge in [0.15, 0.2) is 0 Å². The molecule has 5 nitrogen and oxygen atoms in total. The Balaban J connectivity index is 4.25. The van der Waals surface area contributed by atoms with Gasteiger partial charge >= 0.3 is 12.1 Å². The standard InChI is InChI=1S/C12H22O5/c1-12(2,3)9(6-7-10(13)15-4)8-17-11(14)16-5/h9H,6-8H2,1-5H3. The summed E-state index contributed by atoms with van der Waals surface area (Å²) in [6, 6.07) is 0. The van der Waals surface area contributed by atoms with E-state index in [1.165, 1.54) is 14.2 Å². The van der Waals surface area contributed by atoms with Gasteiger partial charge in [0.05, 0.1) is 20.8 Å². The Morgan fingerprint density at radius 3 is 2.12 bits per heavy atom. The largest absolute Gasteiger partial charge is 0.507 e. The Labute approximate surface area is 102 Å². The molecule has 0 saturated carbocycles. The van der Waals surface area contributed by atoms with Gasteiger partial charge in [-0.05, 0) is 17.8 Å². The molecule has 0 aromatic rings. The van der Waals surface area contributed by atoms with E-state index < -0.39 is 6.16 Å². The third-order valence-corrected chi connectivity index (χ3v) is 2.72. The zero-order chi connectivity index (χ0) is 13.5. The fraction of sp³-hybridized carbons (Fsp3) is 0.833. The number of esters is 1. The van der Waals surface area contributed by atoms with E-state index in [0.29, 0.717) is 12.8 Å². The number of ether oxygens (including phenoxy) is 3. The number of rotatable bonds is 5. The predicted molar refractivity (Wildman–Crippen MR) is 62.6 cm³/mol. The smallest absolute Gasteiger partial charge is 0.469 e. The van der Waals surface area contributed by atoms with Crippen LogP contribution in [0.25, 0.3) is 0 Å². The Kier molecular flexibility index (Phi) is 6.61. The first kappa shape index (κ1) is 15.7. The molecule has 17 heavy (non-hydrogen) atoms. The van der Waals surface area contributed by atoms with Crippen LogP contribution in [0.3, 0.4) is 0 Å². The van der Waals surface area contributed by atoms with Crippen LogP contribution < -0.4 is 0 Å². The normalized spacial score (nSPS) is 12.8. The van der Waals surface area contributed by atoms with Crippen LogP contribution in [0.1, 0.15) is 33.6 Å². The fourth-order valence-corrected chi connectivity index (χ4v) is 1.39. The van der Waals surface area contributed by atoms with Crippen LogP contribution in [0.2, 0.25) is 0 Å². The SMILES string of the molecule is COC(=O)CCC(COC(=O)OC)C(C)(C)C. The Bertz CT molecular complexity index is 234. The van der Waals surface area contributed by atoms with Crippen molar-refractivity contribution < 1.29 is 23.8 Å². The highest BCUT2D eigenvalue weighted by Gasteiger charge is 2.26. The first-order valence-electron chi connectivity index (χ1n) is 5.58.